The summed E-state index contributed by atoms with van der Waals surface area (Å²) in [7, 11) is 0. The van der Waals surface area contributed by atoms with Gasteiger partial charge < -0.3 is 10.1 Å². The Kier molecular flexibility index (Phi) is 6.94. The molecule has 0 bridgehead atoms. The summed E-state index contributed by atoms with van der Waals surface area (Å²) in [6.07, 6.45) is 5.41. The fourth-order valence-electron chi connectivity index (χ4n) is 2.31. The number of rotatable bonds is 8. The van der Waals surface area contributed by atoms with Crippen molar-refractivity contribution in [3.63, 3.8) is 0 Å². The Hall–Kier alpha value is -2.20. The number of nitrogens with one attached hydrogen (secondary N) is 1. The maximum atomic E-state index is 11.7. The minimum Gasteiger partial charge on any atom is -0.493 e. The van der Waals surface area contributed by atoms with E-state index in [0.29, 0.717) is 6.61 Å². The summed E-state index contributed by atoms with van der Waals surface area (Å²) < 4.78 is 5.95. The highest BCUT2D eigenvalue weighted by Crippen LogP contribution is 2.37. The van der Waals surface area contributed by atoms with Gasteiger partial charge in [-0.15, -0.1) is 11.8 Å². The largest absolute Gasteiger partial charge is 0.493 e. The molecule has 24 heavy (non-hydrogen) atoms. The highest BCUT2D eigenvalue weighted by atomic mass is 32.2. The monoisotopic (exact) mass is 341 g/mol. The average Bonchev–Trinajstić information content (AvgIpc) is 2.62. The van der Waals surface area contributed by atoms with Gasteiger partial charge in [-0.1, -0.05) is 38.1 Å². The molecule has 0 aromatic heterocycles. The van der Waals surface area contributed by atoms with Crippen LogP contribution in [0.5, 0.6) is 5.75 Å². The Balaban J connectivity index is 2.45. The molecule has 0 fully saturated rings. The van der Waals surface area contributed by atoms with E-state index in [4.69, 9.17) is 4.74 Å². The first-order valence-electron chi connectivity index (χ1n) is 8.03. The minimum absolute atomic E-state index is 0.225. The average molecular weight is 341 g/mol. The zero-order valence-corrected chi connectivity index (χ0v) is 15.0. The molecule has 0 unspecified atom stereocenters. The number of benzene rings is 2. The van der Waals surface area contributed by atoms with Crippen LogP contribution in [-0.4, -0.2) is 18.8 Å². The first-order valence-corrected chi connectivity index (χ1v) is 9.25. The number of thioether (sulfide) groups is 1. The summed E-state index contributed by atoms with van der Waals surface area (Å²) in [6, 6.07) is 13.9. The third-order valence-corrected chi connectivity index (χ3v) is 4.33. The van der Waals surface area contributed by atoms with E-state index < -0.39 is 0 Å². The standard InChI is InChI=1S/C20H23NO2S/c1-4-6-13-23-19-10-8-7-9-16(19)17-14-15(24-3)11-12-18(17)21-20(22)5-2/h5,7-12,14H,2,4,6,13H2,1,3H3,(H,21,22). The lowest BCUT2D eigenvalue weighted by Gasteiger charge is -2.16. The SMILES string of the molecule is C=CC(=O)Nc1ccc(SC)cc1-c1ccccc1OCCCC. The van der Waals surface area contributed by atoms with Crippen molar-refractivity contribution in [1.29, 1.82) is 0 Å². The van der Waals surface area contributed by atoms with Crippen LogP contribution in [0.3, 0.4) is 0 Å². The second-order valence-electron chi connectivity index (χ2n) is 5.30. The molecule has 0 heterocycles. The lowest BCUT2D eigenvalue weighted by Crippen LogP contribution is -2.08. The van der Waals surface area contributed by atoms with Crippen molar-refractivity contribution >= 4 is 23.4 Å². The van der Waals surface area contributed by atoms with E-state index in [1.165, 1.54) is 6.08 Å². The number of unbranched alkanes of at least 4 members (excludes halogenated alkanes) is 1. The van der Waals surface area contributed by atoms with Crippen molar-refractivity contribution in [3.05, 3.63) is 55.1 Å². The summed E-state index contributed by atoms with van der Waals surface area (Å²) in [5.74, 6) is 0.607. The van der Waals surface area contributed by atoms with E-state index >= 15 is 0 Å². The van der Waals surface area contributed by atoms with Crippen molar-refractivity contribution < 1.29 is 9.53 Å². The molecule has 2 aromatic rings. The van der Waals surface area contributed by atoms with Crippen LogP contribution in [-0.2, 0) is 4.79 Å². The third kappa shape index (κ3) is 4.65. The van der Waals surface area contributed by atoms with Crippen LogP contribution in [0.1, 0.15) is 19.8 Å². The Morgan fingerprint density at radius 1 is 1.25 bits per heavy atom. The Morgan fingerprint density at radius 3 is 2.75 bits per heavy atom. The molecule has 1 amide bonds. The van der Waals surface area contributed by atoms with Crippen molar-refractivity contribution in [2.75, 3.05) is 18.2 Å². The topological polar surface area (TPSA) is 38.3 Å². The molecular formula is C20H23NO2S. The van der Waals surface area contributed by atoms with Gasteiger partial charge in [-0.3, -0.25) is 4.79 Å². The maximum Gasteiger partial charge on any atom is 0.247 e. The number of carbonyl (C=O) groups excluding carboxylic acids is 1. The Bertz CT molecular complexity index is 713. The fraction of sp³-hybridized carbons (Fsp3) is 0.250. The normalized spacial score (nSPS) is 10.2. The number of anilines is 1. The van der Waals surface area contributed by atoms with Crippen LogP contribution in [0, 0.1) is 0 Å². The third-order valence-electron chi connectivity index (χ3n) is 3.60. The number of hydrogen-bond donors (Lipinski definition) is 1. The molecule has 0 aliphatic heterocycles. The smallest absolute Gasteiger partial charge is 0.247 e. The quantitative estimate of drug-likeness (QED) is 0.398. The molecule has 0 saturated carbocycles. The van der Waals surface area contributed by atoms with Gasteiger partial charge in [-0.2, -0.15) is 0 Å². The summed E-state index contributed by atoms with van der Waals surface area (Å²) in [6.45, 7) is 6.34. The summed E-state index contributed by atoms with van der Waals surface area (Å²) in [5.41, 5.74) is 2.68. The second-order valence-corrected chi connectivity index (χ2v) is 6.18. The molecule has 0 aliphatic carbocycles. The van der Waals surface area contributed by atoms with Crippen LogP contribution in [0.4, 0.5) is 5.69 Å². The van der Waals surface area contributed by atoms with Crippen molar-refractivity contribution in [2.45, 2.75) is 24.7 Å². The summed E-state index contributed by atoms with van der Waals surface area (Å²) in [5, 5.41) is 2.88. The maximum absolute atomic E-state index is 11.7. The van der Waals surface area contributed by atoms with Gasteiger partial charge in [0.1, 0.15) is 5.75 Å². The number of hydrogen-bond acceptors (Lipinski definition) is 3. The van der Waals surface area contributed by atoms with Crippen LogP contribution >= 0.6 is 11.8 Å². The molecule has 0 aliphatic rings. The van der Waals surface area contributed by atoms with Gasteiger partial charge >= 0.3 is 0 Å². The van der Waals surface area contributed by atoms with Gasteiger partial charge in [-0.25, -0.2) is 0 Å². The van der Waals surface area contributed by atoms with Gasteiger partial charge in [0.05, 0.1) is 6.61 Å². The number of para-hydroxylation sites is 1. The summed E-state index contributed by atoms with van der Waals surface area (Å²) in [4.78, 5) is 12.9. The van der Waals surface area contributed by atoms with Crippen LogP contribution < -0.4 is 10.1 Å². The first kappa shape index (κ1) is 18.1. The Morgan fingerprint density at radius 2 is 2.04 bits per heavy atom. The molecule has 2 rings (SSSR count). The number of ether oxygens (including phenoxy) is 1. The molecule has 2 aromatic carbocycles. The fourth-order valence-corrected chi connectivity index (χ4v) is 2.75. The molecule has 126 valence electrons. The molecule has 1 N–H and O–H groups in total. The van der Waals surface area contributed by atoms with Crippen LogP contribution in [0.2, 0.25) is 0 Å². The zero-order chi connectivity index (χ0) is 17.4. The van der Waals surface area contributed by atoms with Crippen molar-refractivity contribution in [3.8, 4) is 16.9 Å². The van der Waals surface area contributed by atoms with Crippen molar-refractivity contribution in [1.82, 2.24) is 0 Å². The highest BCUT2D eigenvalue weighted by Gasteiger charge is 2.12. The van der Waals surface area contributed by atoms with Gasteiger partial charge in [0.2, 0.25) is 5.91 Å². The lowest BCUT2D eigenvalue weighted by atomic mass is 10.0. The van der Waals surface area contributed by atoms with Gasteiger partial charge in [0, 0.05) is 21.7 Å². The van der Waals surface area contributed by atoms with Gasteiger partial charge in [0.15, 0.2) is 0 Å². The summed E-state index contributed by atoms with van der Waals surface area (Å²) >= 11 is 1.66. The molecule has 0 spiro atoms. The molecule has 0 radical (unpaired) electrons. The van der Waals surface area contributed by atoms with E-state index in [0.717, 1.165) is 40.3 Å². The number of amides is 1. The lowest BCUT2D eigenvalue weighted by molar-refractivity contribution is -0.111. The molecule has 3 nitrogen and oxygen atoms in total. The molecule has 4 heteroatoms. The van der Waals surface area contributed by atoms with Crippen molar-refractivity contribution in [2.24, 2.45) is 0 Å². The minimum atomic E-state index is -0.225. The second kappa shape index (κ2) is 9.18. The van der Waals surface area contributed by atoms with Crippen LogP contribution in [0.15, 0.2) is 60.0 Å². The van der Waals surface area contributed by atoms with E-state index in [-0.39, 0.29) is 5.91 Å². The molecule has 0 atom stereocenters. The Labute approximate surface area is 148 Å². The van der Waals surface area contributed by atoms with E-state index in [1.54, 1.807) is 11.8 Å². The predicted molar refractivity (Wildman–Crippen MR) is 103 cm³/mol. The van der Waals surface area contributed by atoms with E-state index in [9.17, 15) is 4.79 Å². The number of carbonyl (C=O) groups is 1. The highest BCUT2D eigenvalue weighted by molar-refractivity contribution is 7.98. The zero-order valence-electron chi connectivity index (χ0n) is 14.2. The van der Waals surface area contributed by atoms with Crippen LogP contribution in [0.25, 0.3) is 11.1 Å². The molecular weight excluding hydrogens is 318 g/mol. The molecule has 0 saturated heterocycles. The predicted octanol–water partition coefficient (Wildman–Crippen LogP) is 5.38. The van der Waals surface area contributed by atoms with Gasteiger partial charge in [-0.05, 0) is 43.0 Å². The first-order chi connectivity index (χ1) is 11.7. The van der Waals surface area contributed by atoms with Gasteiger partial charge in [0.25, 0.3) is 0 Å². The van der Waals surface area contributed by atoms with E-state index in [2.05, 4.69) is 24.9 Å². The van der Waals surface area contributed by atoms with E-state index in [1.807, 2.05) is 42.7 Å².